The summed E-state index contributed by atoms with van der Waals surface area (Å²) in [7, 11) is 0. The molecule has 0 aliphatic rings. The zero-order valence-electron chi connectivity index (χ0n) is 9.32. The van der Waals surface area contributed by atoms with Gasteiger partial charge in [-0.25, -0.2) is 4.79 Å². The summed E-state index contributed by atoms with van der Waals surface area (Å²) in [6.45, 7) is 3.60. The number of rotatable bonds is 7. The number of aliphatic carboxylic acids is 1. The SMILES string of the molecule is CC[C@@H](NC(=O)CCCC(C)N)C(=O)O. The highest BCUT2D eigenvalue weighted by Gasteiger charge is 2.16. The lowest BCUT2D eigenvalue weighted by Crippen LogP contribution is -2.40. The van der Waals surface area contributed by atoms with Crippen molar-refractivity contribution in [3.8, 4) is 0 Å². The highest BCUT2D eigenvalue weighted by Crippen LogP contribution is 1.99. The Balaban J connectivity index is 3.77. The van der Waals surface area contributed by atoms with Crippen LogP contribution in [-0.4, -0.2) is 29.1 Å². The molecule has 2 atom stereocenters. The quantitative estimate of drug-likeness (QED) is 0.577. The smallest absolute Gasteiger partial charge is 0.326 e. The first-order valence-electron chi connectivity index (χ1n) is 5.25. The molecule has 5 heteroatoms. The van der Waals surface area contributed by atoms with Gasteiger partial charge in [0.2, 0.25) is 5.91 Å². The van der Waals surface area contributed by atoms with E-state index in [1.165, 1.54) is 0 Å². The van der Waals surface area contributed by atoms with E-state index in [1.54, 1.807) is 6.92 Å². The van der Waals surface area contributed by atoms with Crippen LogP contribution in [0.15, 0.2) is 0 Å². The summed E-state index contributed by atoms with van der Waals surface area (Å²) in [5.41, 5.74) is 5.53. The van der Waals surface area contributed by atoms with Crippen LogP contribution in [-0.2, 0) is 9.59 Å². The summed E-state index contributed by atoms with van der Waals surface area (Å²) >= 11 is 0. The number of nitrogens with two attached hydrogens (primary N) is 1. The van der Waals surface area contributed by atoms with Crippen LogP contribution in [0.3, 0.4) is 0 Å². The Kier molecular flexibility index (Phi) is 6.70. The van der Waals surface area contributed by atoms with Gasteiger partial charge in [-0.3, -0.25) is 4.79 Å². The standard InChI is InChI=1S/C10H20N2O3/c1-3-8(10(14)15)12-9(13)6-4-5-7(2)11/h7-8H,3-6,11H2,1-2H3,(H,12,13)(H,14,15)/t7?,8-/m1/s1. The van der Waals surface area contributed by atoms with E-state index in [-0.39, 0.29) is 11.9 Å². The fraction of sp³-hybridized carbons (Fsp3) is 0.800. The van der Waals surface area contributed by atoms with Gasteiger partial charge in [-0.15, -0.1) is 0 Å². The summed E-state index contributed by atoms with van der Waals surface area (Å²) in [4.78, 5) is 21.9. The molecule has 0 aromatic carbocycles. The zero-order chi connectivity index (χ0) is 11.8. The van der Waals surface area contributed by atoms with Crippen molar-refractivity contribution in [2.75, 3.05) is 0 Å². The van der Waals surface area contributed by atoms with E-state index < -0.39 is 12.0 Å². The van der Waals surface area contributed by atoms with Crippen molar-refractivity contribution in [3.63, 3.8) is 0 Å². The molecule has 5 nitrogen and oxygen atoms in total. The van der Waals surface area contributed by atoms with E-state index >= 15 is 0 Å². The zero-order valence-corrected chi connectivity index (χ0v) is 9.32. The first-order valence-corrected chi connectivity index (χ1v) is 5.25. The van der Waals surface area contributed by atoms with Gasteiger partial charge in [0.15, 0.2) is 0 Å². The van der Waals surface area contributed by atoms with Crippen molar-refractivity contribution in [2.45, 2.75) is 51.6 Å². The summed E-state index contributed by atoms with van der Waals surface area (Å²) in [6, 6.07) is -0.688. The average molecular weight is 216 g/mol. The first-order chi connectivity index (χ1) is 6.97. The van der Waals surface area contributed by atoms with Gasteiger partial charge >= 0.3 is 5.97 Å². The number of carboxylic acids is 1. The van der Waals surface area contributed by atoms with Gasteiger partial charge in [0.25, 0.3) is 0 Å². The molecule has 0 aromatic heterocycles. The van der Waals surface area contributed by atoms with Crippen LogP contribution in [0, 0.1) is 0 Å². The number of carbonyl (C=O) groups excluding carboxylic acids is 1. The molecule has 15 heavy (non-hydrogen) atoms. The number of carbonyl (C=O) groups is 2. The topological polar surface area (TPSA) is 92.4 Å². The first kappa shape index (κ1) is 13.9. The Morgan fingerprint density at radius 2 is 2.07 bits per heavy atom. The van der Waals surface area contributed by atoms with Gasteiger partial charge in [-0.2, -0.15) is 0 Å². The third-order valence-electron chi connectivity index (χ3n) is 2.10. The maximum absolute atomic E-state index is 11.3. The Morgan fingerprint density at radius 3 is 2.47 bits per heavy atom. The summed E-state index contributed by atoms with van der Waals surface area (Å²) in [6.07, 6.45) is 2.20. The Bertz CT molecular complexity index is 217. The molecule has 1 amide bonds. The van der Waals surface area contributed by atoms with E-state index in [4.69, 9.17) is 10.8 Å². The predicted octanol–water partition coefficient (Wildman–Crippen LogP) is 0.483. The van der Waals surface area contributed by atoms with Gasteiger partial charge in [0.1, 0.15) is 6.04 Å². The van der Waals surface area contributed by atoms with Crippen LogP contribution in [0.25, 0.3) is 0 Å². The minimum absolute atomic E-state index is 0.0826. The highest BCUT2D eigenvalue weighted by atomic mass is 16.4. The number of amides is 1. The second-order valence-corrected chi connectivity index (χ2v) is 3.74. The summed E-state index contributed by atoms with van der Waals surface area (Å²) < 4.78 is 0. The van der Waals surface area contributed by atoms with E-state index in [0.29, 0.717) is 19.3 Å². The molecule has 1 unspecified atom stereocenters. The lowest BCUT2D eigenvalue weighted by atomic mass is 10.1. The van der Waals surface area contributed by atoms with E-state index in [9.17, 15) is 9.59 Å². The third-order valence-corrected chi connectivity index (χ3v) is 2.10. The Morgan fingerprint density at radius 1 is 1.47 bits per heavy atom. The molecule has 0 saturated carbocycles. The van der Waals surface area contributed by atoms with Crippen molar-refractivity contribution < 1.29 is 14.7 Å². The fourth-order valence-corrected chi connectivity index (χ4v) is 1.19. The van der Waals surface area contributed by atoms with Crippen LogP contribution < -0.4 is 11.1 Å². The van der Waals surface area contributed by atoms with Crippen molar-refractivity contribution >= 4 is 11.9 Å². The largest absolute Gasteiger partial charge is 0.480 e. The summed E-state index contributed by atoms with van der Waals surface area (Å²) in [5.74, 6) is -1.21. The fourth-order valence-electron chi connectivity index (χ4n) is 1.19. The molecule has 0 bridgehead atoms. The van der Waals surface area contributed by atoms with Crippen LogP contribution in [0.2, 0.25) is 0 Å². The predicted molar refractivity (Wildman–Crippen MR) is 57.4 cm³/mol. The molecule has 0 saturated heterocycles. The second-order valence-electron chi connectivity index (χ2n) is 3.74. The molecule has 4 N–H and O–H groups in total. The van der Waals surface area contributed by atoms with Gasteiger partial charge in [-0.05, 0) is 26.2 Å². The molecule has 0 fully saturated rings. The van der Waals surface area contributed by atoms with E-state index in [2.05, 4.69) is 5.32 Å². The monoisotopic (exact) mass is 216 g/mol. The lowest BCUT2D eigenvalue weighted by molar-refractivity contribution is -0.141. The van der Waals surface area contributed by atoms with Crippen molar-refractivity contribution in [1.29, 1.82) is 0 Å². The molecule has 88 valence electrons. The van der Waals surface area contributed by atoms with Crippen molar-refractivity contribution in [1.82, 2.24) is 5.32 Å². The van der Waals surface area contributed by atoms with Crippen molar-refractivity contribution in [3.05, 3.63) is 0 Å². The Hall–Kier alpha value is -1.10. The molecule has 0 spiro atoms. The molecular formula is C10H20N2O3. The maximum Gasteiger partial charge on any atom is 0.326 e. The highest BCUT2D eigenvalue weighted by molar-refractivity contribution is 5.83. The minimum atomic E-state index is -0.988. The molecule has 0 aliphatic heterocycles. The van der Waals surface area contributed by atoms with Crippen LogP contribution in [0.1, 0.15) is 39.5 Å². The van der Waals surface area contributed by atoms with Gasteiger partial charge in [0.05, 0.1) is 0 Å². The van der Waals surface area contributed by atoms with Gasteiger partial charge in [-0.1, -0.05) is 6.92 Å². The van der Waals surface area contributed by atoms with Gasteiger partial charge in [0, 0.05) is 12.5 Å². The molecule has 0 aromatic rings. The number of carboxylic acid groups (broad SMARTS) is 1. The number of hydrogen-bond acceptors (Lipinski definition) is 3. The van der Waals surface area contributed by atoms with E-state index in [0.717, 1.165) is 6.42 Å². The van der Waals surface area contributed by atoms with Crippen LogP contribution >= 0.6 is 0 Å². The van der Waals surface area contributed by atoms with Crippen molar-refractivity contribution in [2.24, 2.45) is 5.73 Å². The Labute approximate surface area is 90.0 Å². The normalized spacial score (nSPS) is 14.3. The third kappa shape index (κ3) is 6.90. The number of nitrogens with one attached hydrogen (secondary N) is 1. The number of hydrogen-bond donors (Lipinski definition) is 3. The summed E-state index contributed by atoms with van der Waals surface area (Å²) in [5, 5.41) is 11.2. The average Bonchev–Trinajstić information content (AvgIpc) is 2.13. The molecule has 0 heterocycles. The molecule has 0 aliphatic carbocycles. The van der Waals surface area contributed by atoms with Gasteiger partial charge < -0.3 is 16.2 Å². The van der Waals surface area contributed by atoms with Crippen LogP contribution in [0.5, 0.6) is 0 Å². The van der Waals surface area contributed by atoms with E-state index in [1.807, 2.05) is 6.92 Å². The molecular weight excluding hydrogens is 196 g/mol. The second kappa shape index (κ2) is 7.23. The minimum Gasteiger partial charge on any atom is -0.480 e. The molecule has 0 rings (SSSR count). The van der Waals surface area contributed by atoms with Crippen LogP contribution in [0.4, 0.5) is 0 Å². The maximum atomic E-state index is 11.3. The lowest BCUT2D eigenvalue weighted by Gasteiger charge is -2.12. The molecule has 0 radical (unpaired) electrons.